The Hall–Kier alpha value is -1.26. The highest BCUT2D eigenvalue weighted by atomic mass is 16.5. The van der Waals surface area contributed by atoms with Gasteiger partial charge in [-0.15, -0.1) is 0 Å². The third-order valence-corrected chi connectivity index (χ3v) is 3.34. The predicted molar refractivity (Wildman–Crippen MR) is 67.4 cm³/mol. The summed E-state index contributed by atoms with van der Waals surface area (Å²) in [6.45, 7) is 3.68. The molecule has 2 rings (SSSR count). The van der Waals surface area contributed by atoms with Gasteiger partial charge in [0.15, 0.2) is 5.78 Å². The van der Waals surface area contributed by atoms with Gasteiger partial charge < -0.3 is 9.47 Å². The van der Waals surface area contributed by atoms with Crippen molar-refractivity contribution in [1.82, 2.24) is 4.98 Å². The van der Waals surface area contributed by atoms with Gasteiger partial charge in [0.1, 0.15) is 5.60 Å². The van der Waals surface area contributed by atoms with E-state index >= 15 is 0 Å². The van der Waals surface area contributed by atoms with Crippen LogP contribution in [0, 0.1) is 0 Å². The number of carbonyl (C=O) groups excluding carboxylic acids is 1. The summed E-state index contributed by atoms with van der Waals surface area (Å²) >= 11 is 0. The molecule has 0 radical (unpaired) electrons. The van der Waals surface area contributed by atoms with Crippen molar-refractivity contribution in [2.45, 2.75) is 31.8 Å². The minimum Gasteiger partial charge on any atom is -0.381 e. The number of hydrogen-bond acceptors (Lipinski definition) is 4. The van der Waals surface area contributed by atoms with Gasteiger partial charge in [0.05, 0.1) is 0 Å². The van der Waals surface area contributed by atoms with Gasteiger partial charge in [-0.25, -0.2) is 0 Å². The van der Waals surface area contributed by atoms with E-state index < -0.39 is 5.60 Å². The number of hydrogen-bond donors (Lipinski definition) is 0. The largest absolute Gasteiger partial charge is 0.381 e. The number of rotatable bonds is 5. The van der Waals surface area contributed by atoms with Crippen LogP contribution in [0.5, 0.6) is 0 Å². The van der Waals surface area contributed by atoms with E-state index in [1.807, 2.05) is 19.1 Å². The van der Waals surface area contributed by atoms with Crippen molar-refractivity contribution in [2.75, 3.05) is 19.8 Å². The zero-order valence-corrected chi connectivity index (χ0v) is 10.7. The highest BCUT2D eigenvalue weighted by molar-refractivity contribution is 5.89. The molecule has 1 aliphatic heterocycles. The van der Waals surface area contributed by atoms with Crippen molar-refractivity contribution in [2.24, 2.45) is 0 Å². The molecule has 0 bridgehead atoms. The molecule has 4 nitrogen and oxygen atoms in total. The fourth-order valence-corrected chi connectivity index (χ4v) is 2.33. The Balaban J connectivity index is 2.08. The van der Waals surface area contributed by atoms with E-state index in [1.165, 1.54) is 0 Å². The predicted octanol–water partition coefficient (Wildman–Crippen LogP) is 1.78. The summed E-state index contributed by atoms with van der Waals surface area (Å²) in [5.41, 5.74) is 0.344. The molecular weight excluding hydrogens is 230 g/mol. The van der Waals surface area contributed by atoms with Crippen LogP contribution >= 0.6 is 0 Å². The first kappa shape index (κ1) is 13.2. The van der Waals surface area contributed by atoms with Crippen molar-refractivity contribution in [3.05, 3.63) is 30.1 Å². The van der Waals surface area contributed by atoms with E-state index in [-0.39, 0.29) is 5.78 Å². The molecule has 0 spiro atoms. The lowest BCUT2D eigenvalue weighted by Gasteiger charge is -2.35. The fourth-order valence-electron chi connectivity index (χ4n) is 2.33. The molecule has 0 amide bonds. The molecule has 1 aromatic heterocycles. The summed E-state index contributed by atoms with van der Waals surface area (Å²) in [4.78, 5) is 16.4. The first-order valence-corrected chi connectivity index (χ1v) is 6.41. The minimum absolute atomic E-state index is 0.152. The van der Waals surface area contributed by atoms with Gasteiger partial charge in [-0.2, -0.15) is 0 Å². The van der Waals surface area contributed by atoms with E-state index in [0.717, 1.165) is 5.56 Å². The Morgan fingerprint density at radius 3 is 2.67 bits per heavy atom. The molecule has 1 fully saturated rings. The summed E-state index contributed by atoms with van der Waals surface area (Å²) in [5.74, 6) is 0.152. The highest BCUT2D eigenvalue weighted by Gasteiger charge is 2.40. The van der Waals surface area contributed by atoms with Crippen LogP contribution < -0.4 is 0 Å². The van der Waals surface area contributed by atoms with Gasteiger partial charge in [-0.3, -0.25) is 9.78 Å². The first-order valence-electron chi connectivity index (χ1n) is 6.41. The van der Waals surface area contributed by atoms with E-state index in [0.29, 0.717) is 39.1 Å². The summed E-state index contributed by atoms with van der Waals surface area (Å²) in [6.07, 6.45) is 5.14. The van der Waals surface area contributed by atoms with Gasteiger partial charge in [0.2, 0.25) is 0 Å². The number of nitrogens with zero attached hydrogens (tertiary/aromatic N) is 1. The molecular formula is C14H19NO3. The second-order valence-corrected chi connectivity index (χ2v) is 4.50. The SMILES string of the molecule is CCOC1(C(=O)Cc2ccncc2)CCOCC1. The van der Waals surface area contributed by atoms with Crippen LogP contribution in [0.25, 0.3) is 0 Å². The molecule has 0 aromatic carbocycles. The summed E-state index contributed by atoms with van der Waals surface area (Å²) in [6, 6.07) is 3.74. The lowest BCUT2D eigenvalue weighted by molar-refractivity contribution is -0.156. The fraction of sp³-hybridized carbons (Fsp3) is 0.571. The quantitative estimate of drug-likeness (QED) is 0.798. The Bertz CT molecular complexity index is 380. The van der Waals surface area contributed by atoms with Gasteiger partial charge in [-0.05, 0) is 24.6 Å². The van der Waals surface area contributed by atoms with Crippen molar-refractivity contribution in [1.29, 1.82) is 0 Å². The number of pyridine rings is 1. The molecule has 1 aliphatic rings. The van der Waals surface area contributed by atoms with Crippen LogP contribution in [0.4, 0.5) is 0 Å². The molecule has 4 heteroatoms. The summed E-state index contributed by atoms with van der Waals surface area (Å²) in [7, 11) is 0. The van der Waals surface area contributed by atoms with Crippen molar-refractivity contribution >= 4 is 5.78 Å². The zero-order valence-electron chi connectivity index (χ0n) is 10.7. The van der Waals surface area contributed by atoms with Gasteiger partial charge in [-0.1, -0.05) is 0 Å². The molecule has 98 valence electrons. The Morgan fingerprint density at radius 2 is 2.06 bits per heavy atom. The molecule has 2 heterocycles. The Kier molecular flexibility index (Phi) is 4.44. The summed E-state index contributed by atoms with van der Waals surface area (Å²) < 4.78 is 11.1. The highest BCUT2D eigenvalue weighted by Crippen LogP contribution is 2.27. The maximum atomic E-state index is 12.5. The lowest BCUT2D eigenvalue weighted by atomic mass is 9.86. The van der Waals surface area contributed by atoms with Crippen LogP contribution in [0.15, 0.2) is 24.5 Å². The summed E-state index contributed by atoms with van der Waals surface area (Å²) in [5, 5.41) is 0. The van der Waals surface area contributed by atoms with Crippen molar-refractivity contribution in [3.63, 3.8) is 0 Å². The third-order valence-electron chi connectivity index (χ3n) is 3.34. The topological polar surface area (TPSA) is 48.4 Å². The van der Waals surface area contributed by atoms with Crippen molar-refractivity contribution in [3.8, 4) is 0 Å². The molecule has 0 N–H and O–H groups in total. The van der Waals surface area contributed by atoms with Crippen LogP contribution in [-0.4, -0.2) is 36.2 Å². The number of aromatic nitrogens is 1. The molecule has 0 atom stereocenters. The van der Waals surface area contributed by atoms with Crippen LogP contribution in [-0.2, 0) is 20.7 Å². The zero-order chi connectivity index (χ0) is 12.8. The average Bonchev–Trinajstić information content (AvgIpc) is 2.41. The Labute approximate surface area is 107 Å². The maximum absolute atomic E-state index is 12.5. The standard InChI is InChI=1S/C14H19NO3/c1-2-18-14(5-9-17-10-6-14)13(16)11-12-3-7-15-8-4-12/h3-4,7-8H,2,5-6,9-11H2,1H3. The Morgan fingerprint density at radius 1 is 1.39 bits per heavy atom. The van der Waals surface area contributed by atoms with E-state index in [4.69, 9.17) is 9.47 Å². The lowest BCUT2D eigenvalue weighted by Crippen LogP contribution is -2.47. The molecule has 0 aliphatic carbocycles. The normalized spacial score (nSPS) is 18.5. The smallest absolute Gasteiger partial charge is 0.169 e. The van der Waals surface area contributed by atoms with E-state index in [1.54, 1.807) is 12.4 Å². The van der Waals surface area contributed by atoms with E-state index in [9.17, 15) is 4.79 Å². The monoisotopic (exact) mass is 249 g/mol. The van der Waals surface area contributed by atoms with Crippen LogP contribution in [0.1, 0.15) is 25.3 Å². The number of ketones is 1. The molecule has 0 unspecified atom stereocenters. The molecule has 0 saturated carbocycles. The molecule has 1 saturated heterocycles. The average molecular weight is 249 g/mol. The van der Waals surface area contributed by atoms with E-state index in [2.05, 4.69) is 4.98 Å². The molecule has 1 aromatic rings. The first-order chi connectivity index (χ1) is 8.77. The minimum atomic E-state index is -0.643. The van der Waals surface area contributed by atoms with Gasteiger partial charge in [0, 0.05) is 51.5 Å². The maximum Gasteiger partial charge on any atom is 0.169 e. The van der Waals surface area contributed by atoms with Gasteiger partial charge >= 0.3 is 0 Å². The number of carbonyl (C=O) groups is 1. The second kappa shape index (κ2) is 6.07. The third kappa shape index (κ3) is 2.94. The van der Waals surface area contributed by atoms with Crippen LogP contribution in [0.3, 0.4) is 0 Å². The van der Waals surface area contributed by atoms with Gasteiger partial charge in [0.25, 0.3) is 0 Å². The molecule has 18 heavy (non-hydrogen) atoms. The van der Waals surface area contributed by atoms with Crippen molar-refractivity contribution < 1.29 is 14.3 Å². The van der Waals surface area contributed by atoms with Crippen LogP contribution in [0.2, 0.25) is 0 Å². The second-order valence-electron chi connectivity index (χ2n) is 4.50. The number of ether oxygens (including phenoxy) is 2. The number of Topliss-reactive ketones (excluding diaryl/α,β-unsaturated/α-hetero) is 1.